The molecule has 1 nitrogen and oxygen atoms in total. The van der Waals surface area contributed by atoms with Gasteiger partial charge in [-0.2, -0.15) is 0 Å². The monoisotopic (exact) mass is 665 g/mol. The third-order valence-electron chi connectivity index (χ3n) is 0.604. The van der Waals surface area contributed by atoms with Crippen molar-refractivity contribution in [1.82, 2.24) is 0 Å². The Balaban J connectivity index is -0.0000000800. The van der Waals surface area contributed by atoms with Crippen LogP contribution in [0, 0.1) is 0 Å². The van der Waals surface area contributed by atoms with Gasteiger partial charge in [0, 0.05) is 0 Å². The van der Waals surface area contributed by atoms with Gasteiger partial charge in [-0.15, -0.1) is 0 Å². The number of rotatable bonds is 2. The molecule has 2 radical (unpaired) electrons. The number of quaternary nitrogens is 1. The van der Waals surface area contributed by atoms with Crippen LogP contribution in [-0.4, -0.2) is 33.8 Å². The molecule has 0 aromatic rings. The zero-order chi connectivity index (χ0) is 6.83. The van der Waals surface area contributed by atoms with Crippen LogP contribution in [0.15, 0.2) is 0 Å². The second-order valence-electron chi connectivity index (χ2n) is 1.26. The van der Waals surface area contributed by atoms with Crippen LogP contribution in [0.25, 0.3) is 0 Å². The van der Waals surface area contributed by atoms with Crippen LogP contribution in [0.3, 0.4) is 0 Å². The minimum absolute atomic E-state index is 0. The Morgan fingerprint density at radius 3 is 1.78 bits per heavy atom. The van der Waals surface area contributed by atoms with E-state index in [0.29, 0.717) is 13.3 Å². The van der Waals surface area contributed by atoms with Crippen LogP contribution in [0.5, 0.6) is 0 Å². The summed E-state index contributed by atoms with van der Waals surface area (Å²) < 4.78 is 0. The minimum atomic E-state index is 0. The first-order valence-electron chi connectivity index (χ1n) is 2.49. The van der Waals surface area contributed by atoms with Crippen molar-refractivity contribution in [2.75, 3.05) is 6.54 Å². The zero-order valence-corrected chi connectivity index (χ0v) is 17.6. The Bertz CT molecular complexity index is 29.8. The summed E-state index contributed by atoms with van der Waals surface area (Å²) in [7, 11) is 0. The molecule has 0 heterocycles. The Morgan fingerprint density at radius 2 is 1.78 bits per heavy atom. The van der Waals surface area contributed by atoms with Crippen molar-refractivity contribution in [2.45, 2.75) is 19.8 Å². The quantitative estimate of drug-likeness (QED) is 0.259. The first kappa shape index (κ1) is 18.0. The third kappa shape index (κ3) is 35.4. The predicted molar refractivity (Wildman–Crippen MR) is 59.2 cm³/mol. The van der Waals surface area contributed by atoms with Crippen LogP contribution in [0.2, 0.25) is 0 Å². The molecule has 5 heteroatoms. The fraction of sp³-hybridized carbons (Fsp3) is 1.00. The van der Waals surface area contributed by atoms with Gasteiger partial charge in [-0.05, 0) is 6.42 Å². The molecule has 0 fully saturated rings. The number of hydrogen-bond donors (Lipinski definition) is 1. The summed E-state index contributed by atoms with van der Waals surface area (Å²) in [5.74, 6) is 0. The molecule has 0 bridgehead atoms. The summed E-state index contributed by atoms with van der Waals surface area (Å²) in [4.78, 5) is 0. The van der Waals surface area contributed by atoms with E-state index in [-0.39, 0.29) is 27.3 Å². The molecule has 3 N–H and O–H groups in total. The molecule has 0 aliphatic carbocycles. The average Bonchev–Trinajstić information content (AvgIpc) is 1.71. The second kappa shape index (κ2) is 22.5. The van der Waals surface area contributed by atoms with E-state index in [4.69, 9.17) is 0 Å². The van der Waals surface area contributed by atoms with Gasteiger partial charge in [-0.1, -0.05) is 13.3 Å². The van der Waals surface area contributed by atoms with Crippen molar-refractivity contribution >= 4 is 64.5 Å². The van der Waals surface area contributed by atoms with Gasteiger partial charge in [0.1, 0.15) is 0 Å². The van der Waals surface area contributed by atoms with Gasteiger partial charge in [0.05, 0.1) is 6.54 Å². The maximum absolute atomic E-state index is 3.68. The first-order chi connectivity index (χ1) is 3.83. The topological polar surface area (TPSA) is 27.6 Å². The predicted octanol–water partition coefficient (Wildman–Crippen LogP) is -2.11. The Morgan fingerprint density at radius 1 is 1.44 bits per heavy atom. The second-order valence-corrected chi connectivity index (χ2v) is 17.5. The van der Waals surface area contributed by atoms with Gasteiger partial charge in [0.15, 0.2) is 0 Å². The van der Waals surface area contributed by atoms with E-state index in [9.17, 15) is 0 Å². The molecular weight excluding hydrogens is 650 g/mol. The van der Waals surface area contributed by atoms with E-state index in [0.717, 1.165) is 6.54 Å². The van der Waals surface area contributed by atoms with Crippen LogP contribution in [0.1, 0.15) is 19.8 Å². The van der Waals surface area contributed by atoms with Gasteiger partial charge in [0.25, 0.3) is 0 Å². The third-order valence-corrected chi connectivity index (χ3v) is 0.604. The van der Waals surface area contributed by atoms with Gasteiger partial charge >= 0.3 is 77.8 Å². The van der Waals surface area contributed by atoms with Crippen LogP contribution in [0.4, 0.5) is 0 Å². The van der Waals surface area contributed by atoms with E-state index < -0.39 is 0 Å². The summed E-state index contributed by atoms with van der Waals surface area (Å²) in [6.45, 7) is 3.27. The number of unbranched alkanes of at least 4 members (excludes halogenated alkanes) is 1. The number of halogens is 3. The van der Waals surface area contributed by atoms with E-state index in [1.165, 1.54) is 12.8 Å². The summed E-state index contributed by atoms with van der Waals surface area (Å²) in [5, 5.41) is 0. The average molecular weight is 664 g/mol. The molecule has 60 valence electrons. The van der Waals surface area contributed by atoms with E-state index in [1.807, 2.05) is 0 Å². The maximum atomic E-state index is 3.68. The number of hydrogen-bond acceptors (Lipinski definition) is 0. The molecular formula is C4H14I3NPb. The van der Waals surface area contributed by atoms with Crippen molar-refractivity contribution < 1.29 is 19.0 Å². The van der Waals surface area contributed by atoms with E-state index in [1.54, 1.807) is 0 Å². The van der Waals surface area contributed by atoms with Crippen LogP contribution < -0.4 is 19.0 Å². The molecule has 0 saturated heterocycles. The van der Waals surface area contributed by atoms with Crippen molar-refractivity contribution in [3.05, 3.63) is 0 Å². The molecule has 0 rings (SSSR count). The van der Waals surface area contributed by atoms with Crippen LogP contribution in [-0.2, 0) is 0 Å². The van der Waals surface area contributed by atoms with Gasteiger partial charge in [-0.3, -0.25) is 0 Å². The van der Waals surface area contributed by atoms with Crippen molar-refractivity contribution in [2.24, 2.45) is 0 Å². The molecule has 9 heavy (non-hydrogen) atoms. The van der Waals surface area contributed by atoms with Crippen molar-refractivity contribution in [3.63, 3.8) is 0 Å². The Hall–Kier alpha value is 3.07. The molecule has 0 aromatic heterocycles. The standard InChI is InChI=1S/C4H11N.I3.Pb.2H/c1-2-3-4-5;1-3-2;;;/h2-5H2,1H3;;;;/q;-1;;;/p+1. The molecule has 0 aliphatic heterocycles. The van der Waals surface area contributed by atoms with Gasteiger partial charge in [-0.25, -0.2) is 0 Å². The first-order valence-corrected chi connectivity index (χ1v) is 15.1. The normalized spacial score (nSPS) is 7.11. The SMILES string of the molecule is CCCC[NH3+].I[I-]I.[PbH2]. The molecule has 0 amide bonds. The Labute approximate surface area is 107 Å². The van der Waals surface area contributed by atoms with Gasteiger partial charge in [0.2, 0.25) is 0 Å². The summed E-state index contributed by atoms with van der Waals surface area (Å²) in [6.07, 6.45) is 2.56. The Kier molecular flexibility index (Phi) is 44.9. The summed E-state index contributed by atoms with van der Waals surface area (Å²) in [6, 6.07) is 0. The van der Waals surface area contributed by atoms with Gasteiger partial charge < -0.3 is 5.73 Å². The van der Waals surface area contributed by atoms with E-state index >= 15 is 0 Å². The van der Waals surface area contributed by atoms with E-state index in [2.05, 4.69) is 49.9 Å². The molecule has 0 unspecified atom stereocenters. The fourth-order valence-corrected chi connectivity index (χ4v) is 0.250. The van der Waals surface area contributed by atoms with Crippen molar-refractivity contribution in [1.29, 1.82) is 0 Å². The molecule has 0 aliphatic rings. The fourth-order valence-electron chi connectivity index (χ4n) is 0.250. The van der Waals surface area contributed by atoms with Crippen molar-refractivity contribution in [3.8, 4) is 0 Å². The molecule has 0 aromatic carbocycles. The molecule has 0 spiro atoms. The summed E-state index contributed by atoms with van der Waals surface area (Å²) >= 11 is 5.30. The molecule has 0 atom stereocenters. The van der Waals surface area contributed by atoms with Crippen LogP contribution >= 0.6 is 37.2 Å². The zero-order valence-electron chi connectivity index (χ0n) is 5.67. The summed E-state index contributed by atoms with van der Waals surface area (Å²) in [5.41, 5.74) is 3.68. The molecule has 0 saturated carbocycles.